The van der Waals surface area contributed by atoms with E-state index >= 15 is 0 Å². The van der Waals surface area contributed by atoms with Gasteiger partial charge in [0.1, 0.15) is 5.82 Å². The second-order valence-corrected chi connectivity index (χ2v) is 12.7. The lowest BCUT2D eigenvalue weighted by atomic mass is 9.69. The van der Waals surface area contributed by atoms with Gasteiger partial charge in [-0.25, -0.2) is 13.4 Å². The van der Waals surface area contributed by atoms with E-state index in [2.05, 4.69) is 30.7 Å². The molecule has 3 atom stereocenters. The number of nitrogens with one attached hydrogen (secondary N) is 1. The number of carbonyl (C=O) groups excluding carboxylic acids is 1. The van der Waals surface area contributed by atoms with Crippen molar-refractivity contribution in [3.8, 4) is 0 Å². The Morgan fingerprint density at radius 2 is 1.91 bits per heavy atom. The van der Waals surface area contributed by atoms with Crippen molar-refractivity contribution in [1.29, 1.82) is 0 Å². The van der Waals surface area contributed by atoms with Crippen LogP contribution in [-0.2, 0) is 27.8 Å². The summed E-state index contributed by atoms with van der Waals surface area (Å²) in [5.41, 5.74) is 1.99. The van der Waals surface area contributed by atoms with Crippen LogP contribution < -0.4 is 5.32 Å². The topological polar surface area (TPSA) is 84.3 Å². The summed E-state index contributed by atoms with van der Waals surface area (Å²) in [4.78, 5) is 17.9. The maximum absolute atomic E-state index is 12.9. The lowest BCUT2D eigenvalue weighted by Gasteiger charge is -2.39. The Kier molecular flexibility index (Phi) is 6.62. The molecule has 8 heteroatoms. The average molecular weight is 489 g/mol. The zero-order valence-corrected chi connectivity index (χ0v) is 22.3. The van der Waals surface area contributed by atoms with Gasteiger partial charge in [0.25, 0.3) is 0 Å². The number of fused-ring (bicyclic) bond motifs is 3. The molecule has 3 unspecified atom stereocenters. The lowest BCUT2D eigenvalue weighted by Crippen LogP contribution is -2.46. The number of aryl methyl sites for hydroxylation is 2. The maximum Gasteiger partial charge on any atom is 0.243 e. The van der Waals surface area contributed by atoms with Crippen LogP contribution in [0.3, 0.4) is 0 Å². The number of benzene rings is 1. The van der Waals surface area contributed by atoms with Crippen LogP contribution >= 0.6 is 0 Å². The fourth-order valence-electron chi connectivity index (χ4n) is 6.49. The highest BCUT2D eigenvalue weighted by atomic mass is 32.2. The summed E-state index contributed by atoms with van der Waals surface area (Å²) in [6.07, 6.45) is 4.43. The van der Waals surface area contributed by atoms with Crippen molar-refractivity contribution in [3.63, 3.8) is 0 Å². The molecule has 34 heavy (non-hydrogen) atoms. The summed E-state index contributed by atoms with van der Waals surface area (Å²) >= 11 is 0. The fraction of sp³-hybridized carbons (Fsp3) is 0.692. The molecule has 0 radical (unpaired) electrons. The van der Waals surface area contributed by atoms with Gasteiger partial charge >= 0.3 is 0 Å². The fourth-order valence-corrected chi connectivity index (χ4v) is 7.97. The van der Waals surface area contributed by atoms with Gasteiger partial charge in [0.15, 0.2) is 0 Å². The molecule has 1 N–H and O–H groups in total. The van der Waals surface area contributed by atoms with Crippen LogP contribution in [0.5, 0.6) is 0 Å². The van der Waals surface area contributed by atoms with Crippen molar-refractivity contribution in [2.75, 3.05) is 13.1 Å². The first-order valence-corrected chi connectivity index (χ1v) is 14.2. The maximum atomic E-state index is 12.9. The number of hydrogen-bond donors (Lipinski definition) is 1. The van der Waals surface area contributed by atoms with Gasteiger partial charge in [0, 0.05) is 38.5 Å². The molecule has 2 bridgehead atoms. The number of carbonyl (C=O) groups is 1. The van der Waals surface area contributed by atoms with Gasteiger partial charge in [-0.2, -0.15) is 4.31 Å². The van der Waals surface area contributed by atoms with E-state index in [0.29, 0.717) is 43.9 Å². The second-order valence-electron chi connectivity index (χ2n) is 10.7. The highest BCUT2D eigenvalue weighted by Crippen LogP contribution is 2.65. The largest absolute Gasteiger partial charge is 0.353 e. The third-order valence-corrected chi connectivity index (χ3v) is 11.2. The molecule has 0 saturated heterocycles. The van der Waals surface area contributed by atoms with Crippen LogP contribution in [0.2, 0.25) is 0 Å². The Morgan fingerprint density at radius 1 is 1.21 bits per heavy atom. The molecule has 0 spiro atoms. The van der Waals surface area contributed by atoms with E-state index in [4.69, 9.17) is 4.98 Å². The third-order valence-electron chi connectivity index (χ3n) is 9.16. The molecular formula is C26H40N4O3S. The van der Waals surface area contributed by atoms with Crippen molar-refractivity contribution in [3.05, 3.63) is 24.0 Å². The normalized spacial score (nSPS) is 26.0. The summed E-state index contributed by atoms with van der Waals surface area (Å²) < 4.78 is 29.4. The molecule has 1 amide bonds. The summed E-state index contributed by atoms with van der Waals surface area (Å²) in [5, 5.41) is 3.34. The van der Waals surface area contributed by atoms with Crippen LogP contribution in [0, 0.1) is 16.7 Å². The number of imidazole rings is 1. The Labute approximate surface area is 204 Å². The number of sulfonamides is 1. The van der Waals surface area contributed by atoms with E-state index in [-0.39, 0.29) is 27.7 Å². The van der Waals surface area contributed by atoms with Crippen molar-refractivity contribution >= 4 is 27.0 Å². The van der Waals surface area contributed by atoms with Crippen LogP contribution in [0.1, 0.15) is 73.1 Å². The Hall–Kier alpha value is -1.93. The van der Waals surface area contributed by atoms with E-state index < -0.39 is 10.0 Å². The predicted molar refractivity (Wildman–Crippen MR) is 135 cm³/mol. The van der Waals surface area contributed by atoms with E-state index in [1.54, 1.807) is 12.1 Å². The zero-order valence-electron chi connectivity index (χ0n) is 21.5. The SMILES string of the molecule is CCN(CC)S(=O)(=O)c1ccc2c(c1)nc(CCC(=O)NC1CC3CCC1(C)C3(C)C)n2CC. The van der Waals surface area contributed by atoms with Gasteiger partial charge in [0.2, 0.25) is 15.9 Å². The van der Waals surface area contributed by atoms with Crippen LogP contribution in [0.15, 0.2) is 23.1 Å². The monoisotopic (exact) mass is 488 g/mol. The third kappa shape index (κ3) is 3.87. The highest BCUT2D eigenvalue weighted by molar-refractivity contribution is 7.89. The zero-order chi connectivity index (χ0) is 24.9. The minimum Gasteiger partial charge on any atom is -0.353 e. The molecule has 2 aliphatic carbocycles. The number of aromatic nitrogens is 2. The molecule has 2 aliphatic rings. The second kappa shape index (κ2) is 8.94. The van der Waals surface area contributed by atoms with E-state index in [1.807, 2.05) is 26.8 Å². The summed E-state index contributed by atoms with van der Waals surface area (Å²) in [6, 6.07) is 5.41. The highest BCUT2D eigenvalue weighted by Gasteiger charge is 2.61. The first-order valence-electron chi connectivity index (χ1n) is 12.8. The number of amides is 1. The molecule has 7 nitrogen and oxygen atoms in total. The Bertz CT molecular complexity index is 1180. The quantitative estimate of drug-likeness (QED) is 0.569. The first-order chi connectivity index (χ1) is 16.0. The molecule has 2 fully saturated rings. The number of rotatable bonds is 9. The van der Waals surface area contributed by atoms with Crippen LogP contribution in [0.25, 0.3) is 11.0 Å². The minimum atomic E-state index is -3.54. The molecule has 0 aliphatic heterocycles. The molecular weight excluding hydrogens is 448 g/mol. The first kappa shape index (κ1) is 25.2. The van der Waals surface area contributed by atoms with Gasteiger partial charge in [-0.1, -0.05) is 34.6 Å². The summed E-state index contributed by atoms with van der Waals surface area (Å²) in [7, 11) is -3.54. The Morgan fingerprint density at radius 3 is 2.47 bits per heavy atom. The molecule has 1 aromatic heterocycles. The minimum absolute atomic E-state index is 0.0779. The van der Waals surface area contributed by atoms with Gasteiger partial charge in [-0.3, -0.25) is 4.79 Å². The molecule has 1 aromatic carbocycles. The van der Waals surface area contributed by atoms with Gasteiger partial charge < -0.3 is 9.88 Å². The lowest BCUT2D eigenvalue weighted by molar-refractivity contribution is -0.122. The smallest absolute Gasteiger partial charge is 0.243 e. The van der Waals surface area contributed by atoms with Crippen molar-refractivity contribution < 1.29 is 13.2 Å². The van der Waals surface area contributed by atoms with E-state index in [9.17, 15) is 13.2 Å². The molecule has 4 rings (SSSR count). The van der Waals surface area contributed by atoms with Crippen LogP contribution in [-0.4, -0.2) is 47.3 Å². The number of nitrogens with zero attached hydrogens (tertiary/aromatic N) is 3. The van der Waals surface area contributed by atoms with Gasteiger partial charge in [0.05, 0.1) is 15.9 Å². The van der Waals surface area contributed by atoms with Crippen molar-refractivity contribution in [1.82, 2.24) is 19.2 Å². The predicted octanol–water partition coefficient (Wildman–Crippen LogP) is 4.35. The van der Waals surface area contributed by atoms with Gasteiger partial charge in [-0.05, 0) is 61.1 Å². The Balaban J connectivity index is 1.49. The average Bonchev–Trinajstić information content (AvgIpc) is 3.32. The van der Waals surface area contributed by atoms with Gasteiger partial charge in [-0.15, -0.1) is 0 Å². The number of hydrogen-bond acceptors (Lipinski definition) is 4. The van der Waals surface area contributed by atoms with E-state index in [0.717, 1.165) is 17.8 Å². The van der Waals surface area contributed by atoms with E-state index in [1.165, 1.54) is 17.1 Å². The standard InChI is InChI=1S/C26H40N4O3S/c1-7-29(8-2)34(32,33)19-10-11-21-20(17-19)27-23(30(21)9-3)12-13-24(31)28-22-16-18-14-15-26(22,6)25(18,4)5/h10-11,17-18,22H,7-9,12-16H2,1-6H3,(H,28,31). The van der Waals surface area contributed by atoms with Crippen molar-refractivity contribution in [2.24, 2.45) is 16.7 Å². The molecule has 2 saturated carbocycles. The summed E-state index contributed by atoms with van der Waals surface area (Å²) in [5.74, 6) is 1.59. The van der Waals surface area contributed by atoms with Crippen molar-refractivity contribution in [2.45, 2.75) is 91.1 Å². The molecule has 1 heterocycles. The summed E-state index contributed by atoms with van der Waals surface area (Å²) in [6.45, 7) is 14.3. The van der Waals surface area contributed by atoms with Crippen LogP contribution in [0.4, 0.5) is 0 Å². The molecule has 2 aromatic rings. The molecule has 188 valence electrons.